The van der Waals surface area contributed by atoms with Gasteiger partial charge in [0.1, 0.15) is 5.75 Å². The van der Waals surface area contributed by atoms with Gasteiger partial charge in [0.15, 0.2) is 0 Å². The summed E-state index contributed by atoms with van der Waals surface area (Å²) in [7, 11) is 3.90. The number of hydrogen-bond acceptors (Lipinski definition) is 3. The number of rotatable bonds is 8. The molecule has 1 rings (SSSR count). The van der Waals surface area contributed by atoms with Crippen molar-refractivity contribution in [1.82, 2.24) is 10.2 Å². The third kappa shape index (κ3) is 6.08. The van der Waals surface area contributed by atoms with Crippen LogP contribution in [0.1, 0.15) is 25.0 Å². The lowest BCUT2D eigenvalue weighted by molar-refractivity contribution is 0.331. The molecule has 0 heterocycles. The molecule has 0 aromatic heterocycles. The summed E-state index contributed by atoms with van der Waals surface area (Å²) in [6.45, 7) is 9.69. The van der Waals surface area contributed by atoms with E-state index < -0.39 is 0 Å². The quantitative estimate of drug-likeness (QED) is 0.780. The molecule has 0 spiro atoms. The van der Waals surface area contributed by atoms with Crippen LogP contribution in [0.2, 0.25) is 0 Å². The summed E-state index contributed by atoms with van der Waals surface area (Å²) < 4.78 is 5.28. The molecule has 1 N–H and O–H groups in total. The molecule has 3 nitrogen and oxygen atoms in total. The van der Waals surface area contributed by atoms with E-state index in [0.29, 0.717) is 6.04 Å². The molecule has 0 saturated heterocycles. The maximum absolute atomic E-state index is 5.28. The molecule has 0 bridgehead atoms. The number of nitrogens with zero attached hydrogens (tertiary/aromatic N) is 1. The zero-order valence-electron chi connectivity index (χ0n) is 13.0. The summed E-state index contributed by atoms with van der Waals surface area (Å²) in [6.07, 6.45) is 1.09. The van der Waals surface area contributed by atoms with Gasteiger partial charge in [-0.1, -0.05) is 26.0 Å². The Hall–Kier alpha value is -1.06. The number of aryl methyl sites for hydroxylation is 1. The van der Waals surface area contributed by atoms with Crippen LogP contribution in [0.3, 0.4) is 0 Å². The monoisotopic (exact) mass is 264 g/mol. The highest BCUT2D eigenvalue weighted by Crippen LogP contribution is 2.18. The van der Waals surface area contributed by atoms with Gasteiger partial charge >= 0.3 is 0 Å². The van der Waals surface area contributed by atoms with E-state index in [-0.39, 0.29) is 0 Å². The van der Waals surface area contributed by atoms with Gasteiger partial charge in [0.25, 0.3) is 0 Å². The Balaban J connectivity index is 2.33. The lowest BCUT2D eigenvalue weighted by atomic mass is 10.1. The second-order valence-corrected chi connectivity index (χ2v) is 5.47. The zero-order valence-corrected chi connectivity index (χ0v) is 13.0. The van der Waals surface area contributed by atoms with Crippen molar-refractivity contribution in [3.63, 3.8) is 0 Å². The van der Waals surface area contributed by atoms with Crippen LogP contribution in [-0.2, 0) is 6.42 Å². The van der Waals surface area contributed by atoms with E-state index in [4.69, 9.17) is 4.74 Å². The first-order valence-electron chi connectivity index (χ1n) is 7.08. The molecule has 3 heteroatoms. The Morgan fingerprint density at radius 1 is 1.26 bits per heavy atom. The molecule has 0 fully saturated rings. The van der Waals surface area contributed by atoms with Crippen molar-refractivity contribution in [2.75, 3.05) is 33.8 Å². The normalized spacial score (nSPS) is 11.3. The van der Waals surface area contributed by atoms with Gasteiger partial charge in [-0.3, -0.25) is 0 Å². The minimum absolute atomic E-state index is 0.567. The van der Waals surface area contributed by atoms with Gasteiger partial charge in [-0.15, -0.1) is 0 Å². The fourth-order valence-electron chi connectivity index (χ4n) is 2.07. The van der Waals surface area contributed by atoms with Crippen molar-refractivity contribution < 1.29 is 4.74 Å². The molecule has 0 aliphatic carbocycles. The molecule has 19 heavy (non-hydrogen) atoms. The van der Waals surface area contributed by atoms with Crippen LogP contribution in [0, 0.1) is 6.92 Å². The molecule has 0 unspecified atom stereocenters. The first kappa shape index (κ1) is 16.0. The Kier molecular flexibility index (Phi) is 6.89. The highest BCUT2D eigenvalue weighted by molar-refractivity contribution is 5.36. The molecule has 0 aliphatic heterocycles. The van der Waals surface area contributed by atoms with Gasteiger partial charge < -0.3 is 15.0 Å². The summed E-state index contributed by atoms with van der Waals surface area (Å²) >= 11 is 0. The SMILES string of the molecule is COc1ccc(CCN(C)CCNC(C)C)cc1C. The van der Waals surface area contributed by atoms with Crippen molar-refractivity contribution in [2.24, 2.45) is 0 Å². The smallest absolute Gasteiger partial charge is 0.121 e. The molecular weight excluding hydrogens is 236 g/mol. The van der Waals surface area contributed by atoms with E-state index in [1.807, 2.05) is 0 Å². The zero-order chi connectivity index (χ0) is 14.3. The van der Waals surface area contributed by atoms with E-state index in [1.54, 1.807) is 7.11 Å². The van der Waals surface area contributed by atoms with Crippen molar-refractivity contribution >= 4 is 0 Å². The van der Waals surface area contributed by atoms with Crippen molar-refractivity contribution in [3.8, 4) is 5.75 Å². The van der Waals surface area contributed by atoms with Crippen LogP contribution in [0.25, 0.3) is 0 Å². The van der Waals surface area contributed by atoms with Gasteiger partial charge in [0.2, 0.25) is 0 Å². The van der Waals surface area contributed by atoms with Gasteiger partial charge in [0.05, 0.1) is 7.11 Å². The third-order valence-corrected chi connectivity index (χ3v) is 3.29. The van der Waals surface area contributed by atoms with Crippen LogP contribution in [0.4, 0.5) is 0 Å². The molecular formula is C16H28N2O. The average molecular weight is 264 g/mol. The molecule has 108 valence electrons. The minimum atomic E-state index is 0.567. The Labute approximate surface area is 118 Å². The fraction of sp³-hybridized carbons (Fsp3) is 0.625. The van der Waals surface area contributed by atoms with Crippen molar-refractivity contribution in [2.45, 2.75) is 33.2 Å². The van der Waals surface area contributed by atoms with Gasteiger partial charge in [-0.2, -0.15) is 0 Å². The van der Waals surface area contributed by atoms with Crippen LogP contribution in [0.5, 0.6) is 5.75 Å². The van der Waals surface area contributed by atoms with E-state index in [0.717, 1.165) is 31.8 Å². The number of methoxy groups -OCH3 is 1. The summed E-state index contributed by atoms with van der Waals surface area (Å²) in [5.41, 5.74) is 2.59. The van der Waals surface area contributed by atoms with Gasteiger partial charge in [-0.05, 0) is 37.6 Å². The predicted octanol–water partition coefficient (Wildman–Crippen LogP) is 2.48. The van der Waals surface area contributed by atoms with Crippen molar-refractivity contribution in [1.29, 1.82) is 0 Å². The molecule has 1 aromatic carbocycles. The molecule has 0 aliphatic rings. The summed E-state index contributed by atoms with van der Waals surface area (Å²) in [6, 6.07) is 7.01. The summed E-state index contributed by atoms with van der Waals surface area (Å²) in [5.74, 6) is 0.971. The van der Waals surface area contributed by atoms with E-state index in [9.17, 15) is 0 Å². The lowest BCUT2D eigenvalue weighted by Crippen LogP contribution is -2.33. The first-order chi connectivity index (χ1) is 9.02. The lowest BCUT2D eigenvalue weighted by Gasteiger charge is -2.18. The second-order valence-electron chi connectivity index (χ2n) is 5.47. The minimum Gasteiger partial charge on any atom is -0.496 e. The number of likely N-dealkylation sites (N-methyl/N-ethyl adjacent to an activating group) is 1. The number of hydrogen-bond donors (Lipinski definition) is 1. The topological polar surface area (TPSA) is 24.5 Å². The van der Waals surface area contributed by atoms with Gasteiger partial charge in [0, 0.05) is 25.7 Å². The molecule has 0 atom stereocenters. The molecule has 0 amide bonds. The third-order valence-electron chi connectivity index (χ3n) is 3.29. The van der Waals surface area contributed by atoms with Crippen LogP contribution in [-0.4, -0.2) is 44.7 Å². The average Bonchev–Trinajstić information content (AvgIpc) is 2.36. The van der Waals surface area contributed by atoms with Gasteiger partial charge in [-0.25, -0.2) is 0 Å². The van der Waals surface area contributed by atoms with Crippen LogP contribution < -0.4 is 10.1 Å². The highest BCUT2D eigenvalue weighted by atomic mass is 16.5. The Morgan fingerprint density at radius 2 is 2.00 bits per heavy atom. The van der Waals surface area contributed by atoms with E-state index >= 15 is 0 Å². The number of nitrogens with one attached hydrogen (secondary N) is 1. The molecule has 0 saturated carbocycles. The number of benzene rings is 1. The van der Waals surface area contributed by atoms with Crippen LogP contribution in [0.15, 0.2) is 18.2 Å². The maximum atomic E-state index is 5.28. The van der Waals surface area contributed by atoms with E-state index in [2.05, 4.69) is 56.2 Å². The van der Waals surface area contributed by atoms with E-state index in [1.165, 1.54) is 11.1 Å². The highest BCUT2D eigenvalue weighted by Gasteiger charge is 2.03. The summed E-state index contributed by atoms with van der Waals surface area (Å²) in [4.78, 5) is 2.37. The molecule has 1 aromatic rings. The largest absolute Gasteiger partial charge is 0.496 e. The first-order valence-corrected chi connectivity index (χ1v) is 7.08. The Bertz CT molecular complexity index is 377. The standard InChI is InChI=1S/C16H28N2O/c1-13(2)17-9-11-18(4)10-8-15-6-7-16(19-5)14(3)12-15/h6-7,12-13,17H,8-11H2,1-5H3. The Morgan fingerprint density at radius 3 is 2.58 bits per heavy atom. The maximum Gasteiger partial charge on any atom is 0.121 e. The summed E-state index contributed by atoms with van der Waals surface area (Å²) in [5, 5.41) is 3.44. The molecule has 0 radical (unpaired) electrons. The predicted molar refractivity (Wildman–Crippen MR) is 82.1 cm³/mol. The second kappa shape index (κ2) is 8.18. The van der Waals surface area contributed by atoms with Crippen molar-refractivity contribution in [3.05, 3.63) is 29.3 Å². The fourth-order valence-corrected chi connectivity index (χ4v) is 2.07. The van der Waals surface area contributed by atoms with Crippen LogP contribution >= 0.6 is 0 Å². The number of ether oxygens (including phenoxy) is 1.